The quantitative estimate of drug-likeness (QED) is 0.437. The topological polar surface area (TPSA) is 122 Å². The molecule has 2 aromatic heterocycles. The Morgan fingerprint density at radius 1 is 1.23 bits per heavy atom. The summed E-state index contributed by atoms with van der Waals surface area (Å²) in [6, 6.07) is 6.29. The summed E-state index contributed by atoms with van der Waals surface area (Å²) in [5.41, 5.74) is 6.58. The molecule has 0 spiro atoms. The Hall–Kier alpha value is -2.63. The molecule has 9 nitrogen and oxygen atoms in total. The minimum absolute atomic E-state index is 0. The fourth-order valence-electron chi connectivity index (χ4n) is 5.36. The van der Waals surface area contributed by atoms with E-state index >= 15 is 0 Å². The maximum absolute atomic E-state index is 13.9. The number of benzene rings is 1. The molecule has 39 heavy (non-hydrogen) atoms. The second-order valence-electron chi connectivity index (χ2n) is 10.5. The lowest BCUT2D eigenvalue weighted by Crippen LogP contribution is -2.66. The van der Waals surface area contributed by atoms with Crippen LogP contribution in [-0.4, -0.2) is 76.6 Å². The van der Waals surface area contributed by atoms with Crippen LogP contribution >= 0.6 is 35.3 Å². The van der Waals surface area contributed by atoms with Gasteiger partial charge in [0.25, 0.3) is 5.91 Å². The average Bonchev–Trinajstić information content (AvgIpc) is 3.32. The molecule has 3 atom stereocenters. The van der Waals surface area contributed by atoms with Gasteiger partial charge in [-0.25, -0.2) is 4.98 Å². The molecule has 1 fully saturated rings. The van der Waals surface area contributed by atoms with Crippen LogP contribution in [0.3, 0.4) is 0 Å². The largest absolute Gasteiger partial charge is 0.349 e. The third-order valence-corrected chi connectivity index (χ3v) is 8.92. The Balaban J connectivity index is 0.00000353. The van der Waals surface area contributed by atoms with Crippen LogP contribution in [-0.2, 0) is 17.8 Å². The summed E-state index contributed by atoms with van der Waals surface area (Å²) in [4.78, 5) is 53.9. The van der Waals surface area contributed by atoms with Gasteiger partial charge >= 0.3 is 0 Å². The van der Waals surface area contributed by atoms with Gasteiger partial charge in [0.2, 0.25) is 11.7 Å². The van der Waals surface area contributed by atoms with E-state index in [-0.39, 0.29) is 54.5 Å². The van der Waals surface area contributed by atoms with E-state index in [1.54, 1.807) is 38.5 Å². The molecule has 5 rings (SSSR count). The number of rotatable bonds is 5. The van der Waals surface area contributed by atoms with E-state index in [2.05, 4.69) is 20.2 Å². The Kier molecular flexibility index (Phi) is 8.63. The summed E-state index contributed by atoms with van der Waals surface area (Å²) in [5, 5.41) is 5.55. The number of thiazole rings is 1. The second-order valence-corrected chi connectivity index (χ2v) is 12.1. The molecule has 12 heteroatoms. The van der Waals surface area contributed by atoms with Gasteiger partial charge in [0, 0.05) is 61.0 Å². The maximum atomic E-state index is 13.9. The lowest BCUT2D eigenvalue weighted by Gasteiger charge is -2.43. The summed E-state index contributed by atoms with van der Waals surface area (Å²) in [6.45, 7) is 1.64. The van der Waals surface area contributed by atoms with Crippen LogP contribution in [0.4, 0.5) is 0 Å². The third-order valence-electron chi connectivity index (χ3n) is 7.60. The number of likely N-dealkylation sites (N-methyl/N-ethyl adjacent to an activating group) is 1. The number of amides is 2. The first-order valence-electron chi connectivity index (χ1n) is 12.6. The van der Waals surface area contributed by atoms with Gasteiger partial charge in [0.1, 0.15) is 11.2 Å². The predicted octanol–water partition coefficient (Wildman–Crippen LogP) is 3.32. The Morgan fingerprint density at radius 3 is 2.74 bits per heavy atom. The smallest absolute Gasteiger partial charge is 0.280 e. The van der Waals surface area contributed by atoms with Crippen LogP contribution in [0.2, 0.25) is 5.02 Å². The molecule has 1 saturated carbocycles. The number of fused-ring (bicyclic) bond motifs is 2. The molecule has 1 aliphatic heterocycles. The predicted molar refractivity (Wildman–Crippen MR) is 155 cm³/mol. The molecule has 2 aliphatic rings. The van der Waals surface area contributed by atoms with Gasteiger partial charge in [-0.15, -0.1) is 23.7 Å². The molecular weight excluding hydrogens is 559 g/mol. The molecule has 1 aliphatic carbocycles. The zero-order chi connectivity index (χ0) is 27.2. The molecule has 3 N–H and O–H groups in total. The van der Waals surface area contributed by atoms with Crippen molar-refractivity contribution in [2.24, 2.45) is 11.7 Å². The Morgan fingerprint density at radius 2 is 2.00 bits per heavy atom. The van der Waals surface area contributed by atoms with Crippen LogP contribution in [0, 0.1) is 5.92 Å². The Bertz CT molecular complexity index is 1430. The van der Waals surface area contributed by atoms with E-state index < -0.39 is 11.6 Å². The normalized spacial score (nSPS) is 23.0. The van der Waals surface area contributed by atoms with Crippen molar-refractivity contribution in [3.8, 4) is 0 Å². The van der Waals surface area contributed by atoms with Crippen molar-refractivity contribution >= 4 is 63.7 Å². The van der Waals surface area contributed by atoms with Crippen molar-refractivity contribution in [1.82, 2.24) is 25.1 Å². The number of nitrogens with zero attached hydrogens (tertiary/aromatic N) is 4. The standard InChI is InChI=1S/C27H31ClN6O3S.ClH/c1-33(2)26(37)16-6-8-27(29,23(35)20-11-15-4-5-18(28)10-17(15)13-30-20)22(12-16)32-24(36)25-31-19-7-9-34(3)14-21(19)38-25;/h4-5,10-11,13,16,22H,6-9,12,14,29H2,1-3H3,(H,32,36);1H. The van der Waals surface area contributed by atoms with Gasteiger partial charge in [-0.1, -0.05) is 17.7 Å². The van der Waals surface area contributed by atoms with Gasteiger partial charge in [-0.2, -0.15) is 0 Å². The first-order valence-corrected chi connectivity index (χ1v) is 13.8. The number of aromatic nitrogens is 2. The summed E-state index contributed by atoms with van der Waals surface area (Å²) < 4.78 is 0. The summed E-state index contributed by atoms with van der Waals surface area (Å²) in [6.07, 6.45) is 3.32. The highest BCUT2D eigenvalue weighted by molar-refractivity contribution is 7.13. The van der Waals surface area contributed by atoms with E-state index in [1.807, 2.05) is 13.1 Å². The summed E-state index contributed by atoms with van der Waals surface area (Å²) in [5.74, 6) is -1.15. The van der Waals surface area contributed by atoms with E-state index in [4.69, 9.17) is 17.3 Å². The maximum Gasteiger partial charge on any atom is 0.280 e. The highest BCUT2D eigenvalue weighted by Gasteiger charge is 2.49. The second kappa shape index (κ2) is 11.5. The van der Waals surface area contributed by atoms with Crippen molar-refractivity contribution in [2.75, 3.05) is 27.7 Å². The van der Waals surface area contributed by atoms with Crippen molar-refractivity contribution in [3.63, 3.8) is 0 Å². The highest BCUT2D eigenvalue weighted by Crippen LogP contribution is 2.35. The number of pyridine rings is 1. The first kappa shape index (κ1) is 29.4. The van der Waals surface area contributed by atoms with Crippen molar-refractivity contribution in [2.45, 2.75) is 43.8 Å². The fourth-order valence-corrected chi connectivity index (χ4v) is 6.64. The molecule has 3 aromatic rings. The number of carbonyl (C=O) groups excluding carboxylic acids is 3. The molecule has 3 unspecified atom stereocenters. The lowest BCUT2D eigenvalue weighted by molar-refractivity contribution is -0.134. The van der Waals surface area contributed by atoms with Gasteiger partial charge in [-0.05, 0) is 49.9 Å². The van der Waals surface area contributed by atoms with Crippen molar-refractivity contribution in [3.05, 3.63) is 56.8 Å². The molecule has 208 valence electrons. The molecule has 0 saturated heterocycles. The van der Waals surface area contributed by atoms with E-state index in [0.717, 1.165) is 40.9 Å². The number of ketones is 1. The van der Waals surface area contributed by atoms with Crippen LogP contribution in [0.15, 0.2) is 30.5 Å². The van der Waals surface area contributed by atoms with Crippen LogP contribution in [0.5, 0.6) is 0 Å². The highest BCUT2D eigenvalue weighted by atomic mass is 35.5. The SMILES string of the molecule is CN1CCc2nc(C(=O)NC3CC(C(=O)N(C)C)CCC3(N)C(=O)c3cc4ccc(Cl)cc4cn3)sc2C1.Cl. The monoisotopic (exact) mass is 590 g/mol. The molecule has 3 heterocycles. The molecule has 0 bridgehead atoms. The van der Waals surface area contributed by atoms with Gasteiger partial charge < -0.3 is 20.9 Å². The zero-order valence-electron chi connectivity index (χ0n) is 22.1. The van der Waals surface area contributed by atoms with Gasteiger partial charge in [0.15, 0.2) is 5.01 Å². The minimum atomic E-state index is -1.43. The third kappa shape index (κ3) is 5.81. The number of hydrogen-bond donors (Lipinski definition) is 2. The first-order chi connectivity index (χ1) is 18.0. The van der Waals surface area contributed by atoms with E-state index in [0.29, 0.717) is 16.5 Å². The lowest BCUT2D eigenvalue weighted by atomic mass is 9.70. The van der Waals surface area contributed by atoms with Crippen LogP contribution < -0.4 is 11.1 Å². The summed E-state index contributed by atoms with van der Waals surface area (Å²) in [7, 11) is 5.44. The van der Waals surface area contributed by atoms with E-state index in [9.17, 15) is 14.4 Å². The number of nitrogens with one attached hydrogen (secondary N) is 1. The Labute approximate surface area is 242 Å². The van der Waals surface area contributed by atoms with E-state index in [1.165, 1.54) is 16.2 Å². The number of hydrogen-bond acceptors (Lipinski definition) is 8. The van der Waals surface area contributed by atoms with Gasteiger partial charge in [-0.3, -0.25) is 19.4 Å². The number of nitrogens with two attached hydrogens (primary N) is 1. The van der Waals surface area contributed by atoms with Gasteiger partial charge in [0.05, 0.1) is 11.7 Å². The van der Waals surface area contributed by atoms with Crippen molar-refractivity contribution in [1.29, 1.82) is 0 Å². The van der Waals surface area contributed by atoms with Crippen LogP contribution in [0.25, 0.3) is 10.8 Å². The molecule has 0 radical (unpaired) electrons. The molecule has 1 aromatic carbocycles. The van der Waals surface area contributed by atoms with Crippen LogP contribution in [0.1, 0.15) is 50.1 Å². The molecule has 2 amide bonds. The average molecular weight is 592 g/mol. The zero-order valence-corrected chi connectivity index (χ0v) is 24.5. The van der Waals surface area contributed by atoms with Crippen molar-refractivity contribution < 1.29 is 14.4 Å². The molecular formula is C27H32Cl2N6O3S. The summed E-state index contributed by atoms with van der Waals surface area (Å²) >= 11 is 7.46. The minimum Gasteiger partial charge on any atom is -0.349 e. The fraction of sp³-hybridized carbons (Fsp3) is 0.444. The number of Topliss-reactive ketones (excluding diaryl/α,β-unsaturated/α-hetero) is 1. The number of carbonyl (C=O) groups is 3. The number of halogens is 2.